The van der Waals surface area contributed by atoms with Gasteiger partial charge in [-0.25, -0.2) is 0 Å². The molecular formula is C21H32O8. The van der Waals surface area contributed by atoms with Crippen LogP contribution in [-0.2, 0) is 19.2 Å². The molecule has 0 aromatic carbocycles. The van der Waals surface area contributed by atoms with Crippen molar-refractivity contribution in [2.24, 2.45) is 41.4 Å². The monoisotopic (exact) mass is 412 g/mol. The second kappa shape index (κ2) is 10.1. The van der Waals surface area contributed by atoms with Crippen molar-refractivity contribution in [1.82, 2.24) is 0 Å². The Bertz CT molecular complexity index is 600. The summed E-state index contributed by atoms with van der Waals surface area (Å²) < 4.78 is 0. The van der Waals surface area contributed by atoms with Crippen LogP contribution >= 0.6 is 0 Å². The second-order valence-electron chi connectivity index (χ2n) is 8.99. The highest BCUT2D eigenvalue weighted by atomic mass is 16.4. The summed E-state index contributed by atoms with van der Waals surface area (Å²) in [6.07, 6.45) is 6.23. The fourth-order valence-corrected chi connectivity index (χ4v) is 5.33. The predicted octanol–water partition coefficient (Wildman–Crippen LogP) is 3.20. The molecule has 29 heavy (non-hydrogen) atoms. The molecule has 7 atom stereocenters. The van der Waals surface area contributed by atoms with E-state index in [0.717, 1.165) is 38.5 Å². The number of hydrogen-bond acceptors (Lipinski definition) is 4. The molecule has 3 aliphatic rings. The molecule has 8 heteroatoms. The van der Waals surface area contributed by atoms with Crippen LogP contribution in [0.25, 0.3) is 0 Å². The lowest BCUT2D eigenvalue weighted by Crippen LogP contribution is -2.35. The van der Waals surface area contributed by atoms with E-state index in [1.54, 1.807) is 0 Å². The van der Waals surface area contributed by atoms with Crippen molar-refractivity contribution < 1.29 is 39.6 Å². The standard InChI is InChI=1S/C12H18O4.C9H14O4/c13-11(14)9-3-1-7-5-10(12(15)16)4-2-8(7)6-9;1-5-4-6(8(10)11)2-3-7(5)9(12)13/h7-10H,1-6H2,(H,13,14)(H,15,16);5-7H,2-4H2,1H3,(H,10,11)(H,12,13). The summed E-state index contributed by atoms with van der Waals surface area (Å²) in [5.74, 6) is -3.15. The number of carboxylic acid groups (broad SMARTS) is 4. The molecule has 3 saturated carbocycles. The van der Waals surface area contributed by atoms with Gasteiger partial charge in [0.2, 0.25) is 0 Å². The molecule has 3 fully saturated rings. The molecule has 0 bridgehead atoms. The molecule has 4 N–H and O–H groups in total. The fraction of sp³-hybridized carbons (Fsp3) is 0.810. The molecule has 0 aromatic rings. The zero-order valence-corrected chi connectivity index (χ0v) is 16.8. The van der Waals surface area contributed by atoms with Gasteiger partial charge in [-0.15, -0.1) is 0 Å². The number of fused-ring (bicyclic) bond motifs is 1. The molecule has 0 aliphatic heterocycles. The van der Waals surface area contributed by atoms with Gasteiger partial charge in [0.25, 0.3) is 0 Å². The third-order valence-corrected chi connectivity index (χ3v) is 7.15. The zero-order valence-electron chi connectivity index (χ0n) is 16.8. The van der Waals surface area contributed by atoms with E-state index in [4.69, 9.17) is 20.4 Å². The third kappa shape index (κ3) is 6.18. The van der Waals surface area contributed by atoms with Crippen molar-refractivity contribution in [2.45, 2.75) is 64.7 Å². The SMILES string of the molecule is CC1CC(C(=O)O)CCC1C(=O)O.O=C(O)C1CCC2CC(C(=O)O)CCC2C1. The first-order valence-electron chi connectivity index (χ1n) is 10.5. The largest absolute Gasteiger partial charge is 0.481 e. The van der Waals surface area contributed by atoms with Crippen LogP contribution in [0.5, 0.6) is 0 Å². The lowest BCUT2D eigenvalue weighted by molar-refractivity contribution is -0.150. The molecule has 0 spiro atoms. The van der Waals surface area contributed by atoms with Crippen molar-refractivity contribution in [1.29, 1.82) is 0 Å². The van der Waals surface area contributed by atoms with Gasteiger partial charge in [0.05, 0.1) is 23.7 Å². The first-order chi connectivity index (χ1) is 13.6. The highest BCUT2D eigenvalue weighted by Crippen LogP contribution is 2.44. The Morgan fingerprint density at radius 2 is 0.931 bits per heavy atom. The van der Waals surface area contributed by atoms with Gasteiger partial charge >= 0.3 is 23.9 Å². The number of carboxylic acids is 4. The van der Waals surface area contributed by atoms with E-state index in [0.29, 0.717) is 31.1 Å². The Balaban J connectivity index is 0.000000212. The Hall–Kier alpha value is -2.12. The van der Waals surface area contributed by atoms with Gasteiger partial charge in [0.15, 0.2) is 0 Å². The lowest BCUT2D eigenvalue weighted by atomic mass is 9.65. The normalized spacial score (nSPS) is 36.7. The topological polar surface area (TPSA) is 149 Å². The van der Waals surface area contributed by atoms with Crippen LogP contribution in [0.3, 0.4) is 0 Å². The number of carbonyl (C=O) groups is 4. The average molecular weight is 412 g/mol. The first-order valence-corrected chi connectivity index (χ1v) is 10.5. The van der Waals surface area contributed by atoms with Crippen LogP contribution < -0.4 is 0 Å². The third-order valence-electron chi connectivity index (χ3n) is 7.15. The first kappa shape index (κ1) is 23.2. The summed E-state index contributed by atoms with van der Waals surface area (Å²) >= 11 is 0. The van der Waals surface area contributed by atoms with Gasteiger partial charge in [-0.1, -0.05) is 6.92 Å². The molecule has 7 unspecified atom stereocenters. The maximum absolute atomic E-state index is 10.9. The Morgan fingerprint density at radius 3 is 1.28 bits per heavy atom. The molecule has 0 amide bonds. The summed E-state index contributed by atoms with van der Waals surface area (Å²) in [4.78, 5) is 43.1. The van der Waals surface area contributed by atoms with Crippen molar-refractivity contribution in [3.63, 3.8) is 0 Å². The quantitative estimate of drug-likeness (QED) is 0.550. The van der Waals surface area contributed by atoms with Gasteiger partial charge < -0.3 is 20.4 Å². The molecule has 0 radical (unpaired) electrons. The van der Waals surface area contributed by atoms with Gasteiger partial charge in [0, 0.05) is 0 Å². The molecule has 0 aromatic heterocycles. The van der Waals surface area contributed by atoms with Crippen molar-refractivity contribution in [2.75, 3.05) is 0 Å². The predicted molar refractivity (Wildman–Crippen MR) is 102 cm³/mol. The molecule has 164 valence electrons. The van der Waals surface area contributed by atoms with Crippen molar-refractivity contribution in [3.8, 4) is 0 Å². The highest BCUT2D eigenvalue weighted by Gasteiger charge is 2.39. The van der Waals surface area contributed by atoms with Gasteiger partial charge in [0.1, 0.15) is 0 Å². The van der Waals surface area contributed by atoms with E-state index in [1.165, 1.54) is 0 Å². The van der Waals surface area contributed by atoms with Crippen LogP contribution in [-0.4, -0.2) is 44.3 Å². The van der Waals surface area contributed by atoms with Gasteiger partial charge in [-0.05, 0) is 75.5 Å². The van der Waals surface area contributed by atoms with Crippen LogP contribution in [0.15, 0.2) is 0 Å². The van der Waals surface area contributed by atoms with E-state index in [-0.39, 0.29) is 29.6 Å². The smallest absolute Gasteiger partial charge is 0.306 e. The summed E-state index contributed by atoms with van der Waals surface area (Å²) in [6, 6.07) is 0. The molecule has 3 rings (SSSR count). The summed E-state index contributed by atoms with van der Waals surface area (Å²) in [6.45, 7) is 1.81. The van der Waals surface area contributed by atoms with Crippen molar-refractivity contribution in [3.05, 3.63) is 0 Å². The summed E-state index contributed by atoms with van der Waals surface area (Å²) in [5.41, 5.74) is 0. The van der Waals surface area contributed by atoms with E-state index in [2.05, 4.69) is 0 Å². The summed E-state index contributed by atoms with van der Waals surface area (Å²) in [7, 11) is 0. The Labute approximate surface area is 170 Å². The van der Waals surface area contributed by atoms with Crippen LogP contribution in [0.1, 0.15) is 64.7 Å². The van der Waals surface area contributed by atoms with Crippen molar-refractivity contribution >= 4 is 23.9 Å². The van der Waals surface area contributed by atoms with E-state index in [1.807, 2.05) is 6.92 Å². The van der Waals surface area contributed by atoms with E-state index in [9.17, 15) is 19.2 Å². The zero-order chi connectivity index (χ0) is 21.7. The minimum Gasteiger partial charge on any atom is -0.481 e. The second-order valence-corrected chi connectivity index (χ2v) is 8.99. The molecule has 3 aliphatic carbocycles. The molecular weight excluding hydrogens is 380 g/mol. The maximum atomic E-state index is 10.9. The Morgan fingerprint density at radius 1 is 0.552 bits per heavy atom. The van der Waals surface area contributed by atoms with Crippen LogP contribution in [0.2, 0.25) is 0 Å². The molecule has 0 saturated heterocycles. The Kier molecular flexibility index (Phi) is 8.05. The fourth-order valence-electron chi connectivity index (χ4n) is 5.33. The van der Waals surface area contributed by atoms with Crippen LogP contribution in [0.4, 0.5) is 0 Å². The van der Waals surface area contributed by atoms with E-state index < -0.39 is 23.9 Å². The molecule has 8 nitrogen and oxygen atoms in total. The molecule has 0 heterocycles. The minimum atomic E-state index is -0.796. The minimum absolute atomic E-state index is 0.0210. The highest BCUT2D eigenvalue weighted by molar-refractivity contribution is 5.73. The number of hydrogen-bond donors (Lipinski definition) is 4. The van der Waals surface area contributed by atoms with Gasteiger partial charge in [-0.2, -0.15) is 0 Å². The number of rotatable bonds is 4. The van der Waals surface area contributed by atoms with Crippen LogP contribution in [0, 0.1) is 41.4 Å². The van der Waals surface area contributed by atoms with Gasteiger partial charge in [-0.3, -0.25) is 19.2 Å². The number of aliphatic carboxylic acids is 4. The average Bonchev–Trinajstić information content (AvgIpc) is 2.67. The maximum Gasteiger partial charge on any atom is 0.306 e. The summed E-state index contributed by atoms with van der Waals surface area (Å²) in [5, 5.41) is 35.5. The lowest BCUT2D eigenvalue weighted by Gasteiger charge is -2.40. The van der Waals surface area contributed by atoms with E-state index >= 15 is 0 Å².